The van der Waals surface area contributed by atoms with E-state index in [0.29, 0.717) is 28.3 Å². The number of likely N-dealkylation sites (tertiary alicyclic amines) is 1. The van der Waals surface area contributed by atoms with Crippen LogP contribution in [-0.4, -0.2) is 48.3 Å². The number of nitrogens with zero attached hydrogens (tertiary/aromatic N) is 2. The van der Waals surface area contributed by atoms with Crippen molar-refractivity contribution in [3.8, 4) is 0 Å². The van der Waals surface area contributed by atoms with Gasteiger partial charge in [0.05, 0.1) is 17.9 Å². The fourth-order valence-corrected chi connectivity index (χ4v) is 4.02. The number of rotatable bonds is 5. The van der Waals surface area contributed by atoms with Gasteiger partial charge in [0.2, 0.25) is 5.91 Å². The molecule has 7 heteroatoms. The largest absolute Gasteiger partial charge is 0.353 e. The quantitative estimate of drug-likeness (QED) is 0.721. The summed E-state index contributed by atoms with van der Waals surface area (Å²) in [5.41, 5.74) is 1.10. The maximum Gasteiger partial charge on any atom is 0.300 e. The number of anilines is 1. The van der Waals surface area contributed by atoms with Gasteiger partial charge < -0.3 is 5.32 Å². The monoisotopic (exact) mass is 435 g/mol. The van der Waals surface area contributed by atoms with E-state index in [1.165, 1.54) is 0 Å². The molecule has 1 aromatic carbocycles. The van der Waals surface area contributed by atoms with Crippen molar-refractivity contribution in [1.82, 2.24) is 10.2 Å². The van der Waals surface area contributed by atoms with E-state index in [1.54, 1.807) is 17.0 Å². The second-order valence-electron chi connectivity index (χ2n) is 7.77. The fraction of sp³-hybridized carbons (Fsp3) is 0.550. The van der Waals surface area contributed by atoms with Gasteiger partial charge in [0.25, 0.3) is 5.78 Å². The zero-order chi connectivity index (χ0) is 19.7. The van der Waals surface area contributed by atoms with Gasteiger partial charge in [0, 0.05) is 29.5 Å². The first kappa shape index (κ1) is 20.0. The first-order valence-electron chi connectivity index (χ1n) is 9.47. The molecule has 27 heavy (non-hydrogen) atoms. The summed E-state index contributed by atoms with van der Waals surface area (Å²) >= 11 is 3.36. The summed E-state index contributed by atoms with van der Waals surface area (Å²) in [5.74, 6) is -0.401. The highest BCUT2D eigenvalue weighted by Crippen LogP contribution is 2.34. The lowest BCUT2D eigenvalue weighted by molar-refractivity contribution is -0.127. The second kappa shape index (κ2) is 8.10. The van der Waals surface area contributed by atoms with Crippen molar-refractivity contribution in [2.75, 3.05) is 24.7 Å². The molecule has 1 N–H and O–H groups in total. The molecule has 1 unspecified atom stereocenters. The molecule has 0 saturated carbocycles. The van der Waals surface area contributed by atoms with E-state index < -0.39 is 11.7 Å². The third-order valence-corrected chi connectivity index (χ3v) is 6.28. The van der Waals surface area contributed by atoms with E-state index in [4.69, 9.17) is 0 Å². The summed E-state index contributed by atoms with van der Waals surface area (Å²) in [6.07, 6.45) is 1.52. The van der Waals surface area contributed by atoms with Crippen molar-refractivity contribution in [2.24, 2.45) is 11.8 Å². The molecule has 0 radical (unpaired) electrons. The number of fused-ring (bicyclic) bond motifs is 1. The van der Waals surface area contributed by atoms with Crippen molar-refractivity contribution in [3.05, 3.63) is 28.2 Å². The lowest BCUT2D eigenvalue weighted by atomic mass is 9.95. The Bertz CT molecular complexity index is 757. The Morgan fingerprint density at radius 2 is 1.89 bits per heavy atom. The first-order valence-corrected chi connectivity index (χ1v) is 10.3. The average molecular weight is 436 g/mol. The number of hydrogen-bond donors (Lipinski definition) is 1. The molecule has 2 heterocycles. The van der Waals surface area contributed by atoms with E-state index >= 15 is 0 Å². The van der Waals surface area contributed by atoms with Crippen LogP contribution < -0.4 is 10.2 Å². The first-order chi connectivity index (χ1) is 12.8. The number of carbonyl (C=O) groups excluding carboxylic acids is 3. The molecule has 0 spiro atoms. The van der Waals surface area contributed by atoms with E-state index in [-0.39, 0.29) is 17.9 Å². The minimum absolute atomic E-state index is 0.0137. The normalized spacial score (nSPS) is 19.5. The Balaban J connectivity index is 1.59. The van der Waals surface area contributed by atoms with Gasteiger partial charge in [-0.3, -0.25) is 24.2 Å². The van der Waals surface area contributed by atoms with E-state index in [0.717, 1.165) is 25.9 Å². The Morgan fingerprint density at radius 1 is 1.22 bits per heavy atom. The number of hydrogen-bond acceptors (Lipinski definition) is 4. The van der Waals surface area contributed by atoms with E-state index in [9.17, 15) is 14.4 Å². The number of carbonyl (C=O) groups is 3. The van der Waals surface area contributed by atoms with Crippen LogP contribution in [0.1, 0.15) is 44.0 Å². The summed E-state index contributed by atoms with van der Waals surface area (Å²) in [5, 5.41) is 3.10. The standard InChI is InChI=1S/C20H26BrN3O3/c1-12(2)13(3)22-19(26)14-7-9-23(10-8-14)11-24-16-6-4-5-15(21)17(16)18(25)20(24)27/h4-6,12-14H,7-11H2,1-3H3,(H,22,26). The molecule has 1 fully saturated rings. The van der Waals surface area contributed by atoms with Crippen LogP contribution >= 0.6 is 15.9 Å². The molecule has 2 amide bonds. The zero-order valence-electron chi connectivity index (χ0n) is 16.0. The predicted molar refractivity (Wildman–Crippen MR) is 108 cm³/mol. The lowest BCUT2D eigenvalue weighted by Crippen LogP contribution is -2.47. The lowest BCUT2D eigenvalue weighted by Gasteiger charge is -2.34. The zero-order valence-corrected chi connectivity index (χ0v) is 17.6. The molecular weight excluding hydrogens is 410 g/mol. The predicted octanol–water partition coefficient (Wildman–Crippen LogP) is 2.81. The molecule has 2 aliphatic heterocycles. The molecule has 0 bridgehead atoms. The Kier molecular flexibility index (Phi) is 6.01. The molecule has 0 aliphatic carbocycles. The fourth-order valence-electron chi connectivity index (χ4n) is 3.49. The summed E-state index contributed by atoms with van der Waals surface area (Å²) in [7, 11) is 0. The highest BCUT2D eigenvalue weighted by atomic mass is 79.9. The van der Waals surface area contributed by atoms with E-state index in [2.05, 4.69) is 40.0 Å². The number of piperidine rings is 1. The van der Waals surface area contributed by atoms with Crippen LogP contribution in [0.4, 0.5) is 5.69 Å². The SMILES string of the molecule is CC(C)C(C)NC(=O)C1CCN(CN2C(=O)C(=O)c3c(Br)cccc32)CC1. The summed E-state index contributed by atoms with van der Waals surface area (Å²) in [6.45, 7) is 8.06. The van der Waals surface area contributed by atoms with Gasteiger partial charge in [-0.15, -0.1) is 0 Å². The van der Waals surface area contributed by atoms with E-state index in [1.807, 2.05) is 13.0 Å². The van der Waals surface area contributed by atoms with Crippen molar-refractivity contribution in [3.63, 3.8) is 0 Å². The van der Waals surface area contributed by atoms with Crippen molar-refractivity contribution in [1.29, 1.82) is 0 Å². The topological polar surface area (TPSA) is 69.7 Å². The molecule has 1 saturated heterocycles. The number of ketones is 1. The van der Waals surface area contributed by atoms with Gasteiger partial charge in [-0.05, 0) is 53.7 Å². The minimum Gasteiger partial charge on any atom is -0.353 e. The summed E-state index contributed by atoms with van der Waals surface area (Å²) in [4.78, 5) is 40.8. The Labute approximate surface area is 168 Å². The highest BCUT2D eigenvalue weighted by Gasteiger charge is 2.38. The van der Waals surface area contributed by atoms with Crippen LogP contribution in [0.15, 0.2) is 22.7 Å². The molecule has 146 valence electrons. The molecule has 0 aromatic heterocycles. The van der Waals surface area contributed by atoms with Gasteiger partial charge in [0.1, 0.15) is 0 Å². The van der Waals surface area contributed by atoms with Crippen LogP contribution in [0.3, 0.4) is 0 Å². The molecule has 3 rings (SSSR count). The van der Waals surface area contributed by atoms with Crippen molar-refractivity contribution in [2.45, 2.75) is 39.7 Å². The van der Waals surface area contributed by atoms with Crippen molar-refractivity contribution < 1.29 is 14.4 Å². The van der Waals surface area contributed by atoms with Gasteiger partial charge in [0.15, 0.2) is 0 Å². The minimum atomic E-state index is -0.484. The van der Waals surface area contributed by atoms with Gasteiger partial charge >= 0.3 is 5.91 Å². The van der Waals surface area contributed by atoms with Crippen LogP contribution in [-0.2, 0) is 9.59 Å². The number of amides is 2. The van der Waals surface area contributed by atoms with Crippen LogP contribution in [0.2, 0.25) is 0 Å². The Hall–Kier alpha value is -1.73. The molecule has 6 nitrogen and oxygen atoms in total. The van der Waals surface area contributed by atoms with Crippen LogP contribution in [0.25, 0.3) is 0 Å². The second-order valence-corrected chi connectivity index (χ2v) is 8.63. The molecule has 1 aromatic rings. The number of halogens is 1. The third-order valence-electron chi connectivity index (χ3n) is 5.62. The average Bonchev–Trinajstić information content (AvgIpc) is 2.88. The molecular formula is C20H26BrN3O3. The third kappa shape index (κ3) is 4.09. The summed E-state index contributed by atoms with van der Waals surface area (Å²) in [6, 6.07) is 5.57. The van der Waals surface area contributed by atoms with Gasteiger partial charge in [-0.25, -0.2) is 0 Å². The summed E-state index contributed by atoms with van der Waals surface area (Å²) < 4.78 is 0.649. The van der Waals surface area contributed by atoms with Gasteiger partial charge in [-0.1, -0.05) is 19.9 Å². The highest BCUT2D eigenvalue weighted by molar-refractivity contribution is 9.10. The number of Topliss-reactive ketones (excluding diaryl/α,β-unsaturated/α-hetero) is 1. The maximum absolute atomic E-state index is 12.4. The maximum atomic E-state index is 12.4. The van der Waals surface area contributed by atoms with Crippen molar-refractivity contribution >= 4 is 39.2 Å². The molecule has 1 atom stereocenters. The van der Waals surface area contributed by atoms with Gasteiger partial charge in [-0.2, -0.15) is 0 Å². The molecule has 2 aliphatic rings. The van der Waals surface area contributed by atoms with Crippen LogP contribution in [0.5, 0.6) is 0 Å². The number of nitrogens with one attached hydrogen (secondary N) is 1. The van der Waals surface area contributed by atoms with Crippen LogP contribution in [0, 0.1) is 11.8 Å². The Morgan fingerprint density at radius 3 is 2.52 bits per heavy atom. The number of benzene rings is 1. The smallest absolute Gasteiger partial charge is 0.300 e.